The van der Waals surface area contributed by atoms with Gasteiger partial charge in [0.2, 0.25) is 5.88 Å². The number of hydrogen-bond donors (Lipinski definition) is 1. The number of halogens is 2. The molecule has 1 aromatic carbocycles. The van der Waals surface area contributed by atoms with E-state index in [0.717, 1.165) is 24.2 Å². The number of pyridine rings is 1. The zero-order valence-electron chi connectivity index (χ0n) is 11.4. The molecule has 106 valence electrons. The Bertz CT molecular complexity index is 584. The predicted molar refractivity (Wildman–Crippen MR) is 80.5 cm³/mol. The molecule has 3 nitrogen and oxygen atoms in total. The molecular formula is C15H16BrFN2O. The molecule has 20 heavy (non-hydrogen) atoms. The van der Waals surface area contributed by atoms with Crippen LogP contribution >= 0.6 is 15.9 Å². The molecule has 0 unspecified atom stereocenters. The van der Waals surface area contributed by atoms with Crippen LogP contribution < -0.4 is 10.1 Å². The molecule has 0 spiro atoms. The minimum atomic E-state index is -0.351. The van der Waals surface area contributed by atoms with Crippen LogP contribution in [-0.4, -0.2) is 11.5 Å². The highest BCUT2D eigenvalue weighted by atomic mass is 79.9. The summed E-state index contributed by atoms with van der Waals surface area (Å²) in [7, 11) is 0. The van der Waals surface area contributed by atoms with Gasteiger partial charge in [0.25, 0.3) is 0 Å². The van der Waals surface area contributed by atoms with Crippen LogP contribution in [0.3, 0.4) is 0 Å². The summed E-state index contributed by atoms with van der Waals surface area (Å²) in [4.78, 5) is 4.29. The van der Waals surface area contributed by atoms with Crippen LogP contribution in [0.2, 0.25) is 0 Å². The molecule has 0 amide bonds. The number of aryl methyl sites for hydroxylation is 1. The van der Waals surface area contributed by atoms with Crippen molar-refractivity contribution in [2.45, 2.75) is 20.4 Å². The Morgan fingerprint density at radius 1 is 1.30 bits per heavy atom. The average molecular weight is 339 g/mol. The van der Waals surface area contributed by atoms with Crippen molar-refractivity contribution in [3.05, 3.63) is 51.9 Å². The van der Waals surface area contributed by atoms with Crippen molar-refractivity contribution in [3.63, 3.8) is 0 Å². The first-order chi connectivity index (χ1) is 9.58. The highest BCUT2D eigenvalue weighted by molar-refractivity contribution is 9.10. The molecule has 1 N–H and O–H groups in total. The molecule has 5 heteroatoms. The summed E-state index contributed by atoms with van der Waals surface area (Å²) >= 11 is 3.24. The Kier molecular flexibility index (Phi) is 5.09. The molecule has 1 aromatic heterocycles. The third kappa shape index (κ3) is 4.02. The second-order valence-corrected chi connectivity index (χ2v) is 5.37. The van der Waals surface area contributed by atoms with Crippen molar-refractivity contribution >= 4 is 15.9 Å². The quantitative estimate of drug-likeness (QED) is 0.887. The van der Waals surface area contributed by atoms with Gasteiger partial charge < -0.3 is 10.1 Å². The number of nitrogens with zero attached hydrogens (tertiary/aromatic N) is 1. The predicted octanol–water partition coefficient (Wildman–Crippen LogP) is 4.19. The first kappa shape index (κ1) is 14.9. The Hall–Kier alpha value is -1.46. The van der Waals surface area contributed by atoms with Gasteiger partial charge in [0.1, 0.15) is 11.6 Å². The first-order valence-electron chi connectivity index (χ1n) is 6.38. The SMILES string of the molecule is CCNCc1cnc(Oc2cc(F)cc(Br)c2)c(C)c1. The zero-order valence-corrected chi connectivity index (χ0v) is 13.0. The van der Waals surface area contributed by atoms with Gasteiger partial charge in [-0.25, -0.2) is 9.37 Å². The fourth-order valence-corrected chi connectivity index (χ4v) is 2.24. The summed E-state index contributed by atoms with van der Waals surface area (Å²) in [5.41, 5.74) is 2.01. The molecule has 0 aliphatic heterocycles. The van der Waals surface area contributed by atoms with Gasteiger partial charge in [-0.05, 0) is 37.2 Å². The molecule has 0 radical (unpaired) electrons. The summed E-state index contributed by atoms with van der Waals surface area (Å²) in [6.07, 6.45) is 1.76. The maximum atomic E-state index is 13.3. The van der Waals surface area contributed by atoms with Gasteiger partial charge in [0.15, 0.2) is 0 Å². The Labute approximate surface area is 126 Å². The van der Waals surface area contributed by atoms with E-state index < -0.39 is 0 Å². The minimum absolute atomic E-state index is 0.351. The number of ether oxygens (including phenoxy) is 1. The Balaban J connectivity index is 2.16. The van der Waals surface area contributed by atoms with E-state index in [4.69, 9.17) is 4.74 Å². The van der Waals surface area contributed by atoms with Crippen LogP contribution in [-0.2, 0) is 6.54 Å². The van der Waals surface area contributed by atoms with Crippen LogP contribution in [0.15, 0.2) is 34.9 Å². The van der Waals surface area contributed by atoms with Crippen molar-refractivity contribution in [2.75, 3.05) is 6.54 Å². The lowest BCUT2D eigenvalue weighted by atomic mass is 10.2. The van der Waals surface area contributed by atoms with Gasteiger partial charge in [-0.3, -0.25) is 0 Å². The highest BCUT2D eigenvalue weighted by Crippen LogP contribution is 2.26. The van der Waals surface area contributed by atoms with Crippen LogP contribution in [0.5, 0.6) is 11.6 Å². The van der Waals surface area contributed by atoms with Gasteiger partial charge >= 0.3 is 0 Å². The molecule has 1 heterocycles. The lowest BCUT2D eigenvalue weighted by Gasteiger charge is -2.10. The van der Waals surface area contributed by atoms with E-state index in [1.54, 1.807) is 12.3 Å². The number of rotatable bonds is 5. The van der Waals surface area contributed by atoms with E-state index in [1.807, 2.05) is 13.0 Å². The molecule has 0 aliphatic rings. The molecule has 0 saturated heterocycles. The lowest BCUT2D eigenvalue weighted by molar-refractivity contribution is 0.453. The molecule has 0 fully saturated rings. The summed E-state index contributed by atoms with van der Waals surface area (Å²) in [5, 5.41) is 3.24. The van der Waals surface area contributed by atoms with E-state index >= 15 is 0 Å². The maximum absolute atomic E-state index is 13.3. The summed E-state index contributed by atoms with van der Waals surface area (Å²) in [6.45, 7) is 5.66. The fraction of sp³-hybridized carbons (Fsp3) is 0.267. The van der Waals surface area contributed by atoms with Crippen LogP contribution in [0.4, 0.5) is 4.39 Å². The third-order valence-corrected chi connectivity index (χ3v) is 3.17. The second kappa shape index (κ2) is 6.81. The van der Waals surface area contributed by atoms with Gasteiger partial charge in [0.05, 0.1) is 0 Å². The molecule has 0 saturated carbocycles. The van der Waals surface area contributed by atoms with Crippen molar-refractivity contribution in [2.24, 2.45) is 0 Å². The van der Waals surface area contributed by atoms with Crippen molar-refractivity contribution in [1.29, 1.82) is 0 Å². The first-order valence-corrected chi connectivity index (χ1v) is 7.18. The molecular weight excluding hydrogens is 323 g/mol. The van der Waals surface area contributed by atoms with Gasteiger partial charge in [-0.2, -0.15) is 0 Å². The molecule has 2 rings (SSSR count). The molecule has 0 bridgehead atoms. The fourth-order valence-electron chi connectivity index (χ4n) is 1.79. The normalized spacial score (nSPS) is 10.6. The van der Waals surface area contributed by atoms with Gasteiger partial charge in [-0.15, -0.1) is 0 Å². The van der Waals surface area contributed by atoms with Gasteiger partial charge in [0, 0.05) is 28.8 Å². The van der Waals surface area contributed by atoms with E-state index in [9.17, 15) is 4.39 Å². The zero-order chi connectivity index (χ0) is 14.5. The molecule has 0 atom stereocenters. The average Bonchev–Trinajstić information content (AvgIpc) is 2.38. The third-order valence-electron chi connectivity index (χ3n) is 2.72. The van der Waals surface area contributed by atoms with E-state index in [1.165, 1.54) is 12.1 Å². The monoisotopic (exact) mass is 338 g/mol. The summed E-state index contributed by atoms with van der Waals surface area (Å²) < 4.78 is 19.6. The van der Waals surface area contributed by atoms with E-state index in [-0.39, 0.29) is 5.82 Å². The van der Waals surface area contributed by atoms with E-state index in [2.05, 4.69) is 33.2 Å². The lowest BCUT2D eigenvalue weighted by Crippen LogP contribution is -2.12. The summed E-state index contributed by atoms with van der Waals surface area (Å²) in [6, 6.07) is 6.43. The van der Waals surface area contributed by atoms with Crippen LogP contribution in [0.1, 0.15) is 18.1 Å². The standard InChI is InChI=1S/C15H16BrFN2O/c1-3-18-8-11-4-10(2)15(19-9-11)20-14-6-12(16)5-13(17)7-14/h4-7,9,18H,3,8H2,1-2H3. The maximum Gasteiger partial charge on any atom is 0.222 e. The molecule has 0 aliphatic carbocycles. The van der Waals surface area contributed by atoms with Crippen molar-refractivity contribution in [1.82, 2.24) is 10.3 Å². The Morgan fingerprint density at radius 3 is 2.75 bits per heavy atom. The largest absolute Gasteiger partial charge is 0.439 e. The summed E-state index contributed by atoms with van der Waals surface area (Å²) in [5.74, 6) is 0.561. The van der Waals surface area contributed by atoms with Crippen LogP contribution in [0, 0.1) is 12.7 Å². The molecule has 2 aromatic rings. The van der Waals surface area contributed by atoms with E-state index in [0.29, 0.717) is 16.1 Å². The number of aromatic nitrogens is 1. The smallest absolute Gasteiger partial charge is 0.222 e. The number of nitrogens with one attached hydrogen (secondary N) is 1. The van der Waals surface area contributed by atoms with Crippen molar-refractivity contribution in [3.8, 4) is 11.6 Å². The second-order valence-electron chi connectivity index (χ2n) is 4.45. The van der Waals surface area contributed by atoms with Crippen LogP contribution in [0.25, 0.3) is 0 Å². The highest BCUT2D eigenvalue weighted by Gasteiger charge is 2.06. The number of benzene rings is 1. The van der Waals surface area contributed by atoms with Crippen molar-refractivity contribution < 1.29 is 9.13 Å². The minimum Gasteiger partial charge on any atom is -0.439 e. The van der Waals surface area contributed by atoms with Gasteiger partial charge in [-0.1, -0.05) is 22.9 Å². The topological polar surface area (TPSA) is 34.2 Å². The number of hydrogen-bond acceptors (Lipinski definition) is 3. The Morgan fingerprint density at radius 2 is 2.10 bits per heavy atom.